The van der Waals surface area contributed by atoms with Gasteiger partial charge in [0.2, 0.25) is 0 Å². The van der Waals surface area contributed by atoms with Crippen molar-refractivity contribution in [2.75, 3.05) is 6.61 Å². The highest BCUT2D eigenvalue weighted by Crippen LogP contribution is 2.22. The Balaban J connectivity index is 2.74. The van der Waals surface area contributed by atoms with Crippen LogP contribution in [-0.2, 0) is 11.2 Å². The molecule has 0 aliphatic heterocycles. The molecule has 1 rings (SSSR count). The summed E-state index contributed by atoms with van der Waals surface area (Å²) in [6.45, 7) is -0.757. The quantitative estimate of drug-likeness (QED) is 0.601. The molecular formula is C12H14Cl2O5. The first-order chi connectivity index (χ1) is 8.86. The number of hydrogen-bond acceptors (Lipinski definition) is 5. The second-order valence-electron chi connectivity index (χ2n) is 4.06. The van der Waals surface area contributed by atoms with E-state index in [2.05, 4.69) is 0 Å². The van der Waals surface area contributed by atoms with E-state index in [1.54, 1.807) is 6.07 Å². The predicted molar refractivity (Wildman–Crippen MR) is 70.3 cm³/mol. The number of rotatable bonds is 6. The van der Waals surface area contributed by atoms with Crippen LogP contribution in [0.2, 0.25) is 10.0 Å². The Morgan fingerprint density at radius 1 is 1.21 bits per heavy atom. The van der Waals surface area contributed by atoms with E-state index in [-0.39, 0.29) is 11.4 Å². The molecule has 19 heavy (non-hydrogen) atoms. The number of ketones is 1. The van der Waals surface area contributed by atoms with Crippen LogP contribution in [0.5, 0.6) is 0 Å². The summed E-state index contributed by atoms with van der Waals surface area (Å²) >= 11 is 11.6. The van der Waals surface area contributed by atoms with Gasteiger partial charge in [-0.15, -0.1) is 0 Å². The van der Waals surface area contributed by atoms with Crippen molar-refractivity contribution in [3.63, 3.8) is 0 Å². The van der Waals surface area contributed by atoms with E-state index in [4.69, 9.17) is 33.4 Å². The Morgan fingerprint density at radius 3 is 2.37 bits per heavy atom. The lowest BCUT2D eigenvalue weighted by Crippen LogP contribution is -2.44. The van der Waals surface area contributed by atoms with Gasteiger partial charge in [-0.1, -0.05) is 29.3 Å². The van der Waals surface area contributed by atoms with Gasteiger partial charge in [-0.2, -0.15) is 0 Å². The molecule has 5 nitrogen and oxygen atoms in total. The molecule has 0 bridgehead atoms. The van der Waals surface area contributed by atoms with Gasteiger partial charge < -0.3 is 20.4 Å². The molecule has 3 unspecified atom stereocenters. The molecule has 3 atom stereocenters. The number of carbonyl (C=O) groups is 1. The van der Waals surface area contributed by atoms with Gasteiger partial charge >= 0.3 is 0 Å². The lowest BCUT2D eigenvalue weighted by molar-refractivity contribution is -0.139. The number of carbonyl (C=O) groups excluding carboxylic acids is 1. The zero-order chi connectivity index (χ0) is 14.6. The maximum atomic E-state index is 11.7. The topological polar surface area (TPSA) is 98.0 Å². The fourth-order valence-corrected chi connectivity index (χ4v) is 1.94. The second-order valence-corrected chi connectivity index (χ2v) is 4.91. The number of halogens is 2. The predicted octanol–water partition coefficient (Wildman–Crippen LogP) is 0.180. The smallest absolute Gasteiger partial charge is 0.168 e. The van der Waals surface area contributed by atoms with Crippen molar-refractivity contribution in [2.45, 2.75) is 24.7 Å². The fraction of sp³-hybridized carbons (Fsp3) is 0.417. The minimum absolute atomic E-state index is 0.216. The first-order valence-corrected chi connectivity index (χ1v) is 6.24. The summed E-state index contributed by atoms with van der Waals surface area (Å²) in [6.07, 6.45) is -5.34. The molecule has 0 heterocycles. The normalized spacial score (nSPS) is 15.9. The average Bonchev–Trinajstić information content (AvgIpc) is 2.39. The van der Waals surface area contributed by atoms with Gasteiger partial charge in [0.25, 0.3) is 0 Å². The summed E-state index contributed by atoms with van der Waals surface area (Å²) in [5.74, 6) is -0.718. The average molecular weight is 309 g/mol. The highest BCUT2D eigenvalue weighted by molar-refractivity contribution is 6.35. The van der Waals surface area contributed by atoms with Gasteiger partial charge in [0.05, 0.1) is 6.61 Å². The highest BCUT2D eigenvalue weighted by Gasteiger charge is 2.29. The highest BCUT2D eigenvalue weighted by atomic mass is 35.5. The van der Waals surface area contributed by atoms with Crippen LogP contribution < -0.4 is 0 Å². The number of aliphatic hydroxyl groups is 4. The van der Waals surface area contributed by atoms with Gasteiger partial charge in [-0.3, -0.25) is 4.79 Å². The van der Waals surface area contributed by atoms with Crippen molar-refractivity contribution in [1.82, 2.24) is 0 Å². The monoisotopic (exact) mass is 308 g/mol. The molecule has 1 aromatic carbocycles. The summed E-state index contributed by atoms with van der Waals surface area (Å²) < 4.78 is 0. The zero-order valence-electron chi connectivity index (χ0n) is 9.83. The van der Waals surface area contributed by atoms with Crippen molar-refractivity contribution in [3.8, 4) is 0 Å². The van der Waals surface area contributed by atoms with Gasteiger partial charge in [0.15, 0.2) is 5.78 Å². The first-order valence-electron chi connectivity index (χ1n) is 5.48. The molecule has 0 saturated heterocycles. The Kier molecular flexibility index (Phi) is 6.19. The standard InChI is InChI=1S/C12H14Cl2O5/c13-7-2-1-6(8(14)4-7)3-9(16)11(18)12(19)10(17)5-15/h1-2,4,10-12,15,17-19H,3,5H2. The molecular weight excluding hydrogens is 295 g/mol. The molecule has 106 valence electrons. The number of aliphatic hydroxyl groups excluding tert-OH is 4. The van der Waals surface area contributed by atoms with Crippen molar-refractivity contribution in [1.29, 1.82) is 0 Å². The number of benzene rings is 1. The molecule has 4 N–H and O–H groups in total. The minimum atomic E-state index is -1.80. The van der Waals surface area contributed by atoms with E-state index in [1.165, 1.54) is 12.1 Å². The second kappa shape index (κ2) is 7.19. The zero-order valence-corrected chi connectivity index (χ0v) is 11.3. The third kappa shape index (κ3) is 4.42. The number of hydrogen-bond donors (Lipinski definition) is 4. The van der Waals surface area contributed by atoms with Crippen LogP contribution in [0.25, 0.3) is 0 Å². The SMILES string of the molecule is O=C(Cc1ccc(Cl)cc1Cl)C(O)C(O)C(O)CO. The summed E-state index contributed by atoms with van der Waals surface area (Å²) in [7, 11) is 0. The van der Waals surface area contributed by atoms with Crippen molar-refractivity contribution in [2.24, 2.45) is 0 Å². The van der Waals surface area contributed by atoms with E-state index in [0.29, 0.717) is 10.6 Å². The molecule has 1 aromatic rings. The Morgan fingerprint density at radius 2 is 1.84 bits per heavy atom. The first kappa shape index (κ1) is 16.4. The van der Waals surface area contributed by atoms with Gasteiger partial charge in [-0.05, 0) is 17.7 Å². The molecule has 0 aromatic heterocycles. The molecule has 0 amide bonds. The van der Waals surface area contributed by atoms with Crippen LogP contribution in [-0.4, -0.2) is 51.1 Å². The van der Waals surface area contributed by atoms with Crippen LogP contribution in [0.15, 0.2) is 18.2 Å². The third-order valence-electron chi connectivity index (χ3n) is 2.61. The van der Waals surface area contributed by atoms with Crippen LogP contribution in [0, 0.1) is 0 Å². The van der Waals surface area contributed by atoms with Crippen LogP contribution in [0.1, 0.15) is 5.56 Å². The van der Waals surface area contributed by atoms with Gasteiger partial charge in [0.1, 0.15) is 18.3 Å². The van der Waals surface area contributed by atoms with Gasteiger partial charge in [-0.25, -0.2) is 0 Å². The Hall–Kier alpha value is -0.690. The molecule has 0 aliphatic rings. The summed E-state index contributed by atoms with van der Waals surface area (Å²) in [5, 5.41) is 37.4. The van der Waals surface area contributed by atoms with Gasteiger partial charge in [0, 0.05) is 16.5 Å². The Labute approximate surface area is 120 Å². The van der Waals surface area contributed by atoms with E-state index in [0.717, 1.165) is 0 Å². The van der Waals surface area contributed by atoms with Crippen LogP contribution >= 0.6 is 23.2 Å². The summed E-state index contributed by atoms with van der Waals surface area (Å²) in [6, 6.07) is 4.53. The van der Waals surface area contributed by atoms with E-state index in [9.17, 15) is 15.0 Å². The molecule has 0 fully saturated rings. The fourth-order valence-electron chi connectivity index (χ4n) is 1.47. The number of Topliss-reactive ketones (excluding diaryl/α,β-unsaturated/α-hetero) is 1. The van der Waals surface area contributed by atoms with E-state index in [1.807, 2.05) is 0 Å². The summed E-state index contributed by atoms with van der Waals surface area (Å²) in [5.41, 5.74) is 0.445. The van der Waals surface area contributed by atoms with Crippen molar-refractivity contribution < 1.29 is 25.2 Å². The lowest BCUT2D eigenvalue weighted by Gasteiger charge is -2.20. The van der Waals surface area contributed by atoms with E-state index < -0.39 is 30.7 Å². The Bertz CT molecular complexity index is 452. The largest absolute Gasteiger partial charge is 0.394 e. The minimum Gasteiger partial charge on any atom is -0.394 e. The molecule has 0 saturated carbocycles. The third-order valence-corrected chi connectivity index (χ3v) is 3.20. The molecule has 7 heteroatoms. The summed E-state index contributed by atoms with van der Waals surface area (Å²) in [4.78, 5) is 11.7. The van der Waals surface area contributed by atoms with Crippen LogP contribution in [0.3, 0.4) is 0 Å². The van der Waals surface area contributed by atoms with Crippen molar-refractivity contribution >= 4 is 29.0 Å². The maximum Gasteiger partial charge on any atom is 0.168 e. The van der Waals surface area contributed by atoms with Crippen LogP contribution in [0.4, 0.5) is 0 Å². The molecule has 0 radical (unpaired) electrons. The maximum absolute atomic E-state index is 11.7. The lowest BCUT2D eigenvalue weighted by atomic mass is 9.99. The molecule has 0 spiro atoms. The molecule has 0 aliphatic carbocycles. The van der Waals surface area contributed by atoms with E-state index >= 15 is 0 Å². The van der Waals surface area contributed by atoms with Crippen molar-refractivity contribution in [3.05, 3.63) is 33.8 Å².